The van der Waals surface area contributed by atoms with Crippen molar-refractivity contribution in [1.29, 1.82) is 0 Å². The van der Waals surface area contributed by atoms with Gasteiger partial charge in [0.25, 0.3) is 0 Å². The van der Waals surface area contributed by atoms with E-state index in [0.29, 0.717) is 29.3 Å². The molecule has 2 saturated heterocycles. The molecule has 3 nitrogen and oxygen atoms in total. The number of pyridine rings is 1. The van der Waals surface area contributed by atoms with Crippen molar-refractivity contribution in [1.82, 2.24) is 10.3 Å². The van der Waals surface area contributed by atoms with Crippen molar-refractivity contribution in [2.24, 2.45) is 0 Å². The maximum Gasteiger partial charge on any atom is 0.220 e. The molecule has 0 spiro atoms. The lowest BCUT2D eigenvalue weighted by atomic mass is 9.84. The quantitative estimate of drug-likeness (QED) is 0.658. The fourth-order valence-electron chi connectivity index (χ4n) is 3.77. The summed E-state index contributed by atoms with van der Waals surface area (Å²) in [5, 5.41) is 3.62. The molecular formula is C17H19ClFN3. The van der Waals surface area contributed by atoms with E-state index in [1.807, 2.05) is 18.2 Å². The molecule has 2 aromatic rings. The summed E-state index contributed by atoms with van der Waals surface area (Å²) in [6.07, 6.45) is 5.30. The molecule has 0 radical (unpaired) electrons. The molecule has 0 amide bonds. The zero-order valence-electron chi connectivity index (χ0n) is 12.1. The molecule has 1 aromatic heterocycles. The van der Waals surface area contributed by atoms with Crippen molar-refractivity contribution in [3.63, 3.8) is 0 Å². The van der Waals surface area contributed by atoms with E-state index in [-0.39, 0.29) is 12.4 Å². The number of nitrogens with one attached hydrogen (secondary N) is 1. The minimum atomic E-state index is -0.430. The summed E-state index contributed by atoms with van der Waals surface area (Å²) in [5.41, 5.74) is 8.91. The van der Waals surface area contributed by atoms with Crippen molar-refractivity contribution in [2.45, 2.75) is 37.3 Å². The van der Waals surface area contributed by atoms with Crippen LogP contribution in [0.3, 0.4) is 0 Å². The number of aromatic nitrogens is 1. The predicted octanol–water partition coefficient (Wildman–Crippen LogP) is 3.50. The molecule has 0 saturated carbocycles. The van der Waals surface area contributed by atoms with Gasteiger partial charge >= 0.3 is 0 Å². The highest BCUT2D eigenvalue weighted by atomic mass is 35.5. The van der Waals surface area contributed by atoms with Crippen LogP contribution in [0.2, 0.25) is 0 Å². The Labute approximate surface area is 135 Å². The topological polar surface area (TPSA) is 50.9 Å². The van der Waals surface area contributed by atoms with Crippen LogP contribution in [0, 0.1) is 5.95 Å². The van der Waals surface area contributed by atoms with Crippen molar-refractivity contribution in [3.8, 4) is 11.1 Å². The van der Waals surface area contributed by atoms with Crippen LogP contribution in [0.5, 0.6) is 0 Å². The number of rotatable bonds is 2. The fraction of sp³-hybridized carbons (Fsp3) is 0.353. The Morgan fingerprint density at radius 2 is 2.09 bits per heavy atom. The first kappa shape index (κ1) is 15.3. The van der Waals surface area contributed by atoms with Gasteiger partial charge in [0.2, 0.25) is 5.95 Å². The molecule has 2 aliphatic rings. The summed E-state index contributed by atoms with van der Waals surface area (Å²) < 4.78 is 14.1. The summed E-state index contributed by atoms with van der Waals surface area (Å²) in [6, 6.07) is 10.4. The van der Waals surface area contributed by atoms with Gasteiger partial charge in [0.1, 0.15) is 0 Å². The molecule has 2 fully saturated rings. The van der Waals surface area contributed by atoms with Crippen molar-refractivity contribution in [3.05, 3.63) is 48.0 Å². The van der Waals surface area contributed by atoms with Crippen molar-refractivity contribution >= 4 is 18.1 Å². The second kappa shape index (κ2) is 5.86. The highest BCUT2D eigenvalue weighted by molar-refractivity contribution is 5.85. The third-order valence-corrected chi connectivity index (χ3v) is 4.79. The summed E-state index contributed by atoms with van der Waals surface area (Å²) >= 11 is 0. The van der Waals surface area contributed by atoms with Gasteiger partial charge in [-0.05, 0) is 48.6 Å². The minimum absolute atomic E-state index is 0. The number of fused-ring (bicyclic) bond motifs is 2. The molecular weight excluding hydrogens is 301 g/mol. The van der Waals surface area contributed by atoms with Gasteiger partial charge in [-0.3, -0.25) is 0 Å². The lowest BCUT2D eigenvalue weighted by Crippen LogP contribution is -2.21. The van der Waals surface area contributed by atoms with Crippen LogP contribution in [0.15, 0.2) is 36.5 Å². The Bertz CT molecular complexity index is 691. The second-order valence-electron chi connectivity index (χ2n) is 6.12. The third kappa shape index (κ3) is 2.57. The number of hydrogen-bond acceptors (Lipinski definition) is 3. The fourth-order valence-corrected chi connectivity index (χ4v) is 3.77. The number of nitrogens with zero attached hydrogens (tertiary/aromatic N) is 1. The van der Waals surface area contributed by atoms with Crippen LogP contribution in [0.25, 0.3) is 11.1 Å². The molecule has 2 aliphatic heterocycles. The lowest BCUT2D eigenvalue weighted by molar-refractivity contribution is 0.502. The largest absolute Gasteiger partial charge is 0.399 e. The second-order valence-corrected chi connectivity index (χ2v) is 6.12. The zero-order chi connectivity index (χ0) is 14.4. The molecule has 1 aromatic carbocycles. The molecule has 3 heterocycles. The van der Waals surface area contributed by atoms with Crippen molar-refractivity contribution in [2.75, 3.05) is 5.73 Å². The maximum absolute atomic E-state index is 14.1. The van der Waals surface area contributed by atoms with Gasteiger partial charge in [-0.15, -0.1) is 12.4 Å². The number of benzene rings is 1. The van der Waals surface area contributed by atoms with Crippen LogP contribution >= 0.6 is 12.4 Å². The molecule has 4 rings (SSSR count). The highest BCUT2D eigenvalue weighted by Crippen LogP contribution is 2.40. The van der Waals surface area contributed by atoms with Crippen LogP contribution in [0.1, 0.15) is 30.7 Å². The first-order valence-corrected chi connectivity index (χ1v) is 7.48. The molecule has 0 aliphatic carbocycles. The Kier molecular flexibility index (Phi) is 4.06. The van der Waals surface area contributed by atoms with Gasteiger partial charge in [-0.1, -0.05) is 12.1 Å². The SMILES string of the molecule is Cl.Nc1cccc(-c2cc([C@H]3C[C@@H]4CC[C@H]3N4)cnc2F)c1. The Hall–Kier alpha value is -1.65. The molecule has 3 N–H and O–H groups in total. The van der Waals surface area contributed by atoms with Gasteiger partial charge in [-0.2, -0.15) is 4.39 Å². The standard InChI is InChI=1S/C17H18FN3.ClH/c18-17-15(10-2-1-3-12(19)6-10)7-11(9-20-17)14-8-13-4-5-16(14)21-13;/h1-3,6-7,9,13-14,16,21H,4-5,8,19H2;1H/t13-,14+,16+;/m0./s1. The molecule has 116 valence electrons. The van der Waals surface area contributed by atoms with E-state index in [0.717, 1.165) is 17.5 Å². The molecule has 5 heteroatoms. The smallest absolute Gasteiger partial charge is 0.220 e. The lowest BCUT2D eigenvalue weighted by Gasteiger charge is -2.20. The summed E-state index contributed by atoms with van der Waals surface area (Å²) in [7, 11) is 0. The zero-order valence-corrected chi connectivity index (χ0v) is 12.9. The number of hydrogen-bond donors (Lipinski definition) is 2. The molecule has 2 bridgehead atoms. The Balaban J connectivity index is 0.00000144. The van der Waals surface area contributed by atoms with Crippen LogP contribution in [-0.2, 0) is 0 Å². The molecule has 3 atom stereocenters. The normalized spacial score (nSPS) is 26.0. The summed E-state index contributed by atoms with van der Waals surface area (Å²) in [5.74, 6) is 0.0251. The third-order valence-electron chi connectivity index (χ3n) is 4.79. The number of nitrogens with two attached hydrogens (primary N) is 1. The van der Waals surface area contributed by atoms with Gasteiger partial charge in [0, 0.05) is 35.4 Å². The Morgan fingerprint density at radius 1 is 1.23 bits per heavy atom. The first-order valence-electron chi connectivity index (χ1n) is 7.48. The van der Waals surface area contributed by atoms with E-state index in [9.17, 15) is 4.39 Å². The van der Waals surface area contributed by atoms with Crippen LogP contribution < -0.4 is 11.1 Å². The summed E-state index contributed by atoms with van der Waals surface area (Å²) in [4.78, 5) is 3.98. The Morgan fingerprint density at radius 3 is 2.77 bits per heavy atom. The van der Waals surface area contributed by atoms with Gasteiger partial charge in [-0.25, -0.2) is 4.98 Å². The maximum atomic E-state index is 14.1. The van der Waals surface area contributed by atoms with E-state index < -0.39 is 5.95 Å². The van der Waals surface area contributed by atoms with E-state index in [1.54, 1.807) is 18.3 Å². The average Bonchev–Trinajstić information content (AvgIpc) is 3.10. The first-order chi connectivity index (χ1) is 10.2. The highest BCUT2D eigenvalue weighted by Gasteiger charge is 2.39. The van der Waals surface area contributed by atoms with E-state index in [2.05, 4.69) is 10.3 Å². The van der Waals surface area contributed by atoms with Crippen molar-refractivity contribution < 1.29 is 4.39 Å². The average molecular weight is 320 g/mol. The van der Waals surface area contributed by atoms with E-state index >= 15 is 0 Å². The molecule has 0 unspecified atom stereocenters. The number of anilines is 1. The van der Waals surface area contributed by atoms with Gasteiger partial charge < -0.3 is 11.1 Å². The van der Waals surface area contributed by atoms with Gasteiger partial charge in [0.05, 0.1) is 0 Å². The van der Waals surface area contributed by atoms with E-state index in [4.69, 9.17) is 5.73 Å². The van der Waals surface area contributed by atoms with Crippen LogP contribution in [0.4, 0.5) is 10.1 Å². The number of halogens is 2. The monoisotopic (exact) mass is 319 g/mol. The van der Waals surface area contributed by atoms with Gasteiger partial charge in [0.15, 0.2) is 0 Å². The van der Waals surface area contributed by atoms with Crippen LogP contribution in [-0.4, -0.2) is 17.1 Å². The summed E-state index contributed by atoms with van der Waals surface area (Å²) in [6.45, 7) is 0. The van der Waals surface area contributed by atoms with E-state index in [1.165, 1.54) is 12.8 Å². The number of nitrogen functional groups attached to an aromatic ring is 1. The predicted molar refractivity (Wildman–Crippen MR) is 88.6 cm³/mol. The molecule has 22 heavy (non-hydrogen) atoms. The minimum Gasteiger partial charge on any atom is -0.399 e.